The Morgan fingerprint density at radius 2 is 1.85 bits per heavy atom. The molecule has 0 spiro atoms. The third kappa shape index (κ3) is 1.56. The highest BCUT2D eigenvalue weighted by molar-refractivity contribution is 6.09. The van der Waals surface area contributed by atoms with Crippen LogP contribution >= 0.6 is 0 Å². The lowest BCUT2D eigenvalue weighted by Crippen LogP contribution is -2.52. The molecule has 1 rings (SSSR count). The second-order valence-corrected chi connectivity index (χ2v) is 4.45. The maximum atomic E-state index is 11.4. The Hall–Kier alpha value is -0.960. The number of carbonyl (C=O) groups is 2. The van der Waals surface area contributed by atoms with Crippen LogP contribution in [0.3, 0.4) is 0 Å². The van der Waals surface area contributed by atoms with Crippen molar-refractivity contribution in [3.8, 4) is 0 Å². The van der Waals surface area contributed by atoms with Gasteiger partial charge in [-0.05, 0) is 17.6 Å². The molecule has 0 aromatic rings. The summed E-state index contributed by atoms with van der Waals surface area (Å²) in [7, 11) is 0. The maximum Gasteiger partial charge on any atom is 0.188 e. The summed E-state index contributed by atoms with van der Waals surface area (Å²) in [6.07, 6.45) is 2.28. The quantitative estimate of drug-likeness (QED) is 0.604. The standard InChI is InChI=1S/C10H14O3/c1-9(2,3)10(13)6-7(11)4-5-8(10)12/h4-5,13H,6H2,1-3H3. The van der Waals surface area contributed by atoms with Gasteiger partial charge in [0.1, 0.15) is 5.60 Å². The summed E-state index contributed by atoms with van der Waals surface area (Å²) >= 11 is 0. The van der Waals surface area contributed by atoms with Crippen LogP contribution in [0.25, 0.3) is 0 Å². The molecule has 13 heavy (non-hydrogen) atoms. The lowest BCUT2D eigenvalue weighted by molar-refractivity contribution is -0.151. The van der Waals surface area contributed by atoms with Gasteiger partial charge in [0, 0.05) is 6.42 Å². The number of carbonyl (C=O) groups excluding carboxylic acids is 2. The summed E-state index contributed by atoms with van der Waals surface area (Å²) in [6.45, 7) is 5.24. The third-order valence-electron chi connectivity index (χ3n) is 2.50. The number of rotatable bonds is 0. The van der Waals surface area contributed by atoms with E-state index < -0.39 is 11.0 Å². The number of ketones is 2. The van der Waals surface area contributed by atoms with Crippen molar-refractivity contribution in [2.75, 3.05) is 0 Å². The fraction of sp³-hybridized carbons (Fsp3) is 0.600. The van der Waals surface area contributed by atoms with E-state index in [9.17, 15) is 14.7 Å². The van der Waals surface area contributed by atoms with Crippen molar-refractivity contribution < 1.29 is 14.7 Å². The fourth-order valence-electron chi connectivity index (χ4n) is 1.34. The predicted octanol–water partition coefficient (Wildman–Crippen LogP) is 0.862. The van der Waals surface area contributed by atoms with Crippen LogP contribution in [0.4, 0.5) is 0 Å². The first-order chi connectivity index (χ1) is 5.77. The first kappa shape index (κ1) is 10.1. The van der Waals surface area contributed by atoms with Crippen molar-refractivity contribution in [2.24, 2.45) is 5.41 Å². The van der Waals surface area contributed by atoms with Crippen molar-refractivity contribution in [3.63, 3.8) is 0 Å². The number of allylic oxidation sites excluding steroid dienone is 1. The van der Waals surface area contributed by atoms with Gasteiger partial charge in [-0.1, -0.05) is 20.8 Å². The molecule has 0 radical (unpaired) electrons. The van der Waals surface area contributed by atoms with Crippen molar-refractivity contribution in [2.45, 2.75) is 32.8 Å². The monoisotopic (exact) mass is 182 g/mol. The summed E-state index contributed by atoms with van der Waals surface area (Å²) in [4.78, 5) is 22.5. The van der Waals surface area contributed by atoms with E-state index in [0.717, 1.165) is 6.08 Å². The molecule has 0 aromatic heterocycles. The van der Waals surface area contributed by atoms with Crippen LogP contribution in [0.5, 0.6) is 0 Å². The largest absolute Gasteiger partial charge is 0.381 e. The van der Waals surface area contributed by atoms with Crippen LogP contribution in [-0.2, 0) is 9.59 Å². The molecule has 0 saturated carbocycles. The zero-order valence-corrected chi connectivity index (χ0v) is 8.13. The zero-order valence-electron chi connectivity index (χ0n) is 8.13. The van der Waals surface area contributed by atoms with Gasteiger partial charge in [-0.3, -0.25) is 9.59 Å². The summed E-state index contributed by atoms with van der Waals surface area (Å²) in [5, 5.41) is 10.0. The highest BCUT2D eigenvalue weighted by atomic mass is 16.3. The second-order valence-electron chi connectivity index (χ2n) is 4.45. The van der Waals surface area contributed by atoms with Crippen LogP contribution < -0.4 is 0 Å². The normalized spacial score (nSPS) is 29.5. The van der Waals surface area contributed by atoms with Crippen LogP contribution in [0.15, 0.2) is 12.2 Å². The van der Waals surface area contributed by atoms with Crippen molar-refractivity contribution >= 4 is 11.6 Å². The zero-order chi connectivity index (χ0) is 10.3. The molecule has 1 N–H and O–H groups in total. The highest BCUT2D eigenvalue weighted by Crippen LogP contribution is 2.36. The van der Waals surface area contributed by atoms with Crippen molar-refractivity contribution in [3.05, 3.63) is 12.2 Å². The molecule has 0 aromatic carbocycles. The Balaban J connectivity index is 3.10. The van der Waals surface area contributed by atoms with Crippen molar-refractivity contribution in [1.82, 2.24) is 0 Å². The van der Waals surface area contributed by atoms with Crippen LogP contribution in [-0.4, -0.2) is 22.3 Å². The molecule has 72 valence electrons. The summed E-state index contributed by atoms with van der Waals surface area (Å²) in [5.41, 5.74) is -2.14. The van der Waals surface area contributed by atoms with E-state index >= 15 is 0 Å². The van der Waals surface area contributed by atoms with Crippen molar-refractivity contribution in [1.29, 1.82) is 0 Å². The van der Waals surface area contributed by atoms with E-state index in [4.69, 9.17) is 0 Å². The Morgan fingerprint density at radius 3 is 2.23 bits per heavy atom. The molecule has 1 unspecified atom stereocenters. The van der Waals surface area contributed by atoms with Gasteiger partial charge in [-0.15, -0.1) is 0 Å². The molecule has 1 aliphatic carbocycles. The van der Waals surface area contributed by atoms with Crippen LogP contribution in [0, 0.1) is 5.41 Å². The minimum atomic E-state index is -1.53. The first-order valence-corrected chi connectivity index (χ1v) is 4.25. The van der Waals surface area contributed by atoms with Gasteiger partial charge in [0.15, 0.2) is 11.6 Å². The van der Waals surface area contributed by atoms with Gasteiger partial charge < -0.3 is 5.11 Å². The lowest BCUT2D eigenvalue weighted by atomic mass is 9.69. The van der Waals surface area contributed by atoms with Gasteiger partial charge in [0.05, 0.1) is 0 Å². The van der Waals surface area contributed by atoms with E-state index in [2.05, 4.69) is 0 Å². The summed E-state index contributed by atoms with van der Waals surface area (Å²) in [5.74, 6) is -0.573. The van der Waals surface area contributed by atoms with Crippen LogP contribution in [0.1, 0.15) is 27.2 Å². The molecule has 3 heteroatoms. The SMILES string of the molecule is CC(C)(C)C1(O)CC(=O)C=CC1=O. The topological polar surface area (TPSA) is 54.4 Å². The molecule has 0 aliphatic heterocycles. The second kappa shape index (κ2) is 2.77. The van der Waals surface area contributed by atoms with Gasteiger partial charge in [-0.2, -0.15) is 0 Å². The average molecular weight is 182 g/mol. The Bertz CT molecular complexity index is 283. The summed E-state index contributed by atoms with van der Waals surface area (Å²) in [6, 6.07) is 0. The lowest BCUT2D eigenvalue weighted by Gasteiger charge is -2.38. The smallest absolute Gasteiger partial charge is 0.188 e. The van der Waals surface area contributed by atoms with Gasteiger partial charge in [0.2, 0.25) is 0 Å². The van der Waals surface area contributed by atoms with E-state index in [1.807, 2.05) is 0 Å². The third-order valence-corrected chi connectivity index (χ3v) is 2.50. The molecule has 0 fully saturated rings. The fourth-order valence-corrected chi connectivity index (χ4v) is 1.34. The Kier molecular flexibility index (Phi) is 2.16. The maximum absolute atomic E-state index is 11.4. The molecule has 1 atom stereocenters. The molecule has 3 nitrogen and oxygen atoms in total. The number of hydrogen-bond acceptors (Lipinski definition) is 3. The van der Waals surface area contributed by atoms with Gasteiger partial charge in [-0.25, -0.2) is 0 Å². The van der Waals surface area contributed by atoms with E-state index in [-0.39, 0.29) is 18.0 Å². The minimum absolute atomic E-state index is 0.105. The van der Waals surface area contributed by atoms with Gasteiger partial charge >= 0.3 is 0 Å². The van der Waals surface area contributed by atoms with Crippen LogP contribution in [0.2, 0.25) is 0 Å². The average Bonchev–Trinajstić information content (AvgIpc) is 1.95. The molecule has 0 amide bonds. The van der Waals surface area contributed by atoms with E-state index in [0.29, 0.717) is 0 Å². The molecule has 0 heterocycles. The number of aliphatic hydroxyl groups is 1. The molecule has 0 bridgehead atoms. The van der Waals surface area contributed by atoms with Gasteiger partial charge in [0.25, 0.3) is 0 Å². The van der Waals surface area contributed by atoms with E-state index in [1.54, 1.807) is 20.8 Å². The summed E-state index contributed by atoms with van der Waals surface area (Å²) < 4.78 is 0. The number of hydrogen-bond donors (Lipinski definition) is 1. The predicted molar refractivity (Wildman–Crippen MR) is 48.2 cm³/mol. The Labute approximate surface area is 77.4 Å². The Morgan fingerprint density at radius 1 is 1.31 bits per heavy atom. The molecular formula is C10H14O3. The molecule has 0 saturated heterocycles. The highest BCUT2D eigenvalue weighted by Gasteiger charge is 2.48. The molecule has 1 aliphatic rings. The minimum Gasteiger partial charge on any atom is -0.381 e. The van der Waals surface area contributed by atoms with E-state index in [1.165, 1.54) is 6.08 Å². The molecular weight excluding hydrogens is 168 g/mol. The first-order valence-electron chi connectivity index (χ1n) is 4.25.